The molecule has 0 amide bonds. The van der Waals surface area contributed by atoms with Gasteiger partial charge in [0.15, 0.2) is 0 Å². The van der Waals surface area contributed by atoms with Crippen LogP contribution in [0.2, 0.25) is 0 Å². The molecule has 4 atom stereocenters. The van der Waals surface area contributed by atoms with Crippen LogP contribution in [0.15, 0.2) is 12.3 Å². The molecule has 0 saturated heterocycles. The maximum absolute atomic E-state index is 10.5. The number of methoxy groups -OCH3 is 1. The summed E-state index contributed by atoms with van der Waals surface area (Å²) in [7, 11) is 1.68. The van der Waals surface area contributed by atoms with Crippen molar-refractivity contribution in [3.8, 4) is 0 Å². The van der Waals surface area contributed by atoms with Gasteiger partial charge in [0.2, 0.25) is 0 Å². The highest BCUT2D eigenvalue weighted by molar-refractivity contribution is 5.08. The van der Waals surface area contributed by atoms with Crippen molar-refractivity contribution in [3.05, 3.63) is 23.8 Å². The van der Waals surface area contributed by atoms with Gasteiger partial charge in [0, 0.05) is 44.0 Å². The Morgan fingerprint density at radius 1 is 1.22 bits per heavy atom. The average Bonchev–Trinajstić information content (AvgIpc) is 3.00. The van der Waals surface area contributed by atoms with Crippen molar-refractivity contribution in [2.45, 2.75) is 63.5 Å². The molecule has 3 N–H and O–H groups in total. The van der Waals surface area contributed by atoms with Crippen molar-refractivity contribution in [1.29, 1.82) is 0 Å². The monoisotopic (exact) mass is 377 g/mol. The summed E-state index contributed by atoms with van der Waals surface area (Å²) < 4.78 is 5.12. The number of aromatic nitrogens is 2. The minimum atomic E-state index is -0.446. The van der Waals surface area contributed by atoms with E-state index in [0.29, 0.717) is 19.4 Å². The van der Waals surface area contributed by atoms with Crippen LogP contribution in [-0.4, -0.2) is 59.2 Å². The summed E-state index contributed by atoms with van der Waals surface area (Å²) >= 11 is 0. The number of rotatable bonds is 9. The number of aliphatic hydroxyl groups is 2. The molecule has 0 aliphatic heterocycles. The molecule has 2 aliphatic rings. The summed E-state index contributed by atoms with van der Waals surface area (Å²) in [5, 5.41) is 24.1. The molecule has 0 bridgehead atoms. The van der Waals surface area contributed by atoms with Crippen molar-refractivity contribution < 1.29 is 14.9 Å². The van der Waals surface area contributed by atoms with Gasteiger partial charge in [-0.15, -0.1) is 0 Å². The van der Waals surface area contributed by atoms with Gasteiger partial charge in [0.05, 0.1) is 12.7 Å². The lowest BCUT2D eigenvalue weighted by Gasteiger charge is -2.28. The van der Waals surface area contributed by atoms with Crippen LogP contribution in [0.25, 0.3) is 0 Å². The zero-order chi connectivity index (χ0) is 19.1. The fraction of sp³-hybridized carbons (Fsp3) is 0.810. The van der Waals surface area contributed by atoms with Crippen LogP contribution < -0.4 is 5.32 Å². The Balaban J connectivity index is 1.63. The Labute approximate surface area is 162 Å². The summed E-state index contributed by atoms with van der Waals surface area (Å²) in [4.78, 5) is 8.99. The maximum Gasteiger partial charge on any atom is 0.130 e. The van der Waals surface area contributed by atoms with Crippen molar-refractivity contribution >= 4 is 0 Å². The number of nitrogens with one attached hydrogen (secondary N) is 1. The molecule has 2 fully saturated rings. The summed E-state index contributed by atoms with van der Waals surface area (Å²) in [6.45, 7) is 1.65. The fourth-order valence-corrected chi connectivity index (χ4v) is 4.80. The van der Waals surface area contributed by atoms with Gasteiger partial charge in [-0.3, -0.25) is 0 Å². The molecule has 6 heteroatoms. The number of nitrogens with zero attached hydrogens (tertiary/aromatic N) is 2. The third-order valence-electron chi connectivity index (χ3n) is 6.40. The molecule has 2 saturated carbocycles. The van der Waals surface area contributed by atoms with Crippen LogP contribution in [0.4, 0.5) is 0 Å². The average molecular weight is 378 g/mol. The second-order valence-corrected chi connectivity index (χ2v) is 8.24. The van der Waals surface area contributed by atoms with Crippen LogP contribution in [0, 0.1) is 17.8 Å². The summed E-state index contributed by atoms with van der Waals surface area (Å²) in [5.74, 6) is 1.65. The minimum Gasteiger partial charge on any atom is -0.396 e. The zero-order valence-electron chi connectivity index (χ0n) is 16.5. The van der Waals surface area contributed by atoms with Crippen LogP contribution in [0.3, 0.4) is 0 Å². The SMILES string of the molecule is COCCc1nccc(C[C@@H]2[C@@H](CO)[C@H](O)C[C@H]2NCC2CCCCC2)n1. The normalized spacial score (nSPS) is 29.3. The van der Waals surface area contributed by atoms with Gasteiger partial charge >= 0.3 is 0 Å². The molecule has 152 valence electrons. The second kappa shape index (κ2) is 10.5. The largest absolute Gasteiger partial charge is 0.396 e. The van der Waals surface area contributed by atoms with E-state index in [1.807, 2.05) is 6.07 Å². The van der Waals surface area contributed by atoms with Gasteiger partial charge in [-0.05, 0) is 50.1 Å². The molecule has 27 heavy (non-hydrogen) atoms. The lowest BCUT2D eigenvalue weighted by Crippen LogP contribution is -2.39. The first-order chi connectivity index (χ1) is 13.2. The number of hydrogen-bond acceptors (Lipinski definition) is 6. The van der Waals surface area contributed by atoms with Gasteiger partial charge in [0.25, 0.3) is 0 Å². The Morgan fingerprint density at radius 3 is 2.78 bits per heavy atom. The lowest BCUT2D eigenvalue weighted by atomic mass is 9.87. The second-order valence-electron chi connectivity index (χ2n) is 8.24. The third-order valence-corrected chi connectivity index (χ3v) is 6.40. The van der Waals surface area contributed by atoms with E-state index in [0.717, 1.165) is 30.4 Å². The summed E-state index contributed by atoms with van der Waals surface area (Å²) in [6, 6.07) is 2.18. The van der Waals surface area contributed by atoms with Crippen molar-refractivity contribution in [3.63, 3.8) is 0 Å². The van der Waals surface area contributed by atoms with E-state index in [-0.39, 0.29) is 24.5 Å². The van der Waals surface area contributed by atoms with E-state index < -0.39 is 6.10 Å². The minimum absolute atomic E-state index is 0.0229. The Bertz CT molecular complexity index is 565. The molecule has 1 aromatic heterocycles. The summed E-state index contributed by atoms with van der Waals surface area (Å²) in [5.41, 5.74) is 0.984. The molecule has 6 nitrogen and oxygen atoms in total. The summed E-state index contributed by atoms with van der Waals surface area (Å²) in [6.07, 6.45) is 10.2. The zero-order valence-corrected chi connectivity index (χ0v) is 16.5. The molecular weight excluding hydrogens is 342 g/mol. The van der Waals surface area contributed by atoms with E-state index in [9.17, 15) is 10.2 Å². The predicted octanol–water partition coefficient (Wildman–Crippen LogP) is 1.74. The van der Waals surface area contributed by atoms with E-state index in [1.54, 1.807) is 13.3 Å². The van der Waals surface area contributed by atoms with Crippen molar-refractivity contribution in [1.82, 2.24) is 15.3 Å². The highest BCUT2D eigenvalue weighted by Gasteiger charge is 2.42. The molecule has 3 rings (SSSR count). The smallest absolute Gasteiger partial charge is 0.130 e. The highest BCUT2D eigenvalue weighted by Crippen LogP contribution is 2.35. The molecule has 1 aromatic rings. The van der Waals surface area contributed by atoms with Gasteiger partial charge in [-0.25, -0.2) is 9.97 Å². The number of aliphatic hydroxyl groups excluding tert-OH is 2. The first-order valence-corrected chi connectivity index (χ1v) is 10.5. The van der Waals surface area contributed by atoms with Crippen LogP contribution in [0.1, 0.15) is 50.0 Å². The van der Waals surface area contributed by atoms with Crippen molar-refractivity contribution in [2.24, 2.45) is 17.8 Å². The standard InChI is InChI=1S/C21H35N3O3/c1-27-10-8-21-22-9-7-16(24-21)11-17-18(14-25)20(26)12-19(17)23-13-15-5-3-2-4-6-15/h7,9,15,17-20,23,25-26H,2-6,8,10-14H2,1H3/t17-,18-,19-,20-/m1/s1. The topological polar surface area (TPSA) is 87.5 Å². The molecule has 0 spiro atoms. The first-order valence-electron chi connectivity index (χ1n) is 10.5. The van der Waals surface area contributed by atoms with Gasteiger partial charge in [-0.2, -0.15) is 0 Å². The molecular formula is C21H35N3O3. The quantitative estimate of drug-likeness (QED) is 0.608. The van der Waals surface area contributed by atoms with E-state index >= 15 is 0 Å². The van der Waals surface area contributed by atoms with Crippen LogP contribution in [-0.2, 0) is 17.6 Å². The van der Waals surface area contributed by atoms with Crippen molar-refractivity contribution in [2.75, 3.05) is 26.9 Å². The molecule has 0 aromatic carbocycles. The van der Waals surface area contributed by atoms with Gasteiger partial charge in [-0.1, -0.05) is 19.3 Å². The van der Waals surface area contributed by atoms with E-state index in [2.05, 4.69) is 15.3 Å². The van der Waals surface area contributed by atoms with E-state index in [4.69, 9.17) is 4.74 Å². The van der Waals surface area contributed by atoms with Crippen LogP contribution in [0.5, 0.6) is 0 Å². The molecule has 1 heterocycles. The number of hydrogen-bond donors (Lipinski definition) is 3. The molecule has 0 unspecified atom stereocenters. The Kier molecular flexibility index (Phi) is 8.00. The third kappa shape index (κ3) is 5.70. The molecule has 2 aliphatic carbocycles. The first kappa shape index (κ1) is 20.6. The maximum atomic E-state index is 10.5. The lowest BCUT2D eigenvalue weighted by molar-refractivity contribution is 0.0715. The van der Waals surface area contributed by atoms with E-state index in [1.165, 1.54) is 32.1 Å². The molecule has 0 radical (unpaired) electrons. The van der Waals surface area contributed by atoms with Gasteiger partial charge in [0.1, 0.15) is 5.82 Å². The number of ether oxygens (including phenoxy) is 1. The predicted molar refractivity (Wildman–Crippen MR) is 104 cm³/mol. The fourth-order valence-electron chi connectivity index (χ4n) is 4.80. The Hall–Kier alpha value is -1.08. The van der Waals surface area contributed by atoms with Crippen LogP contribution >= 0.6 is 0 Å². The van der Waals surface area contributed by atoms with Gasteiger partial charge < -0.3 is 20.3 Å². The Morgan fingerprint density at radius 2 is 2.04 bits per heavy atom. The highest BCUT2D eigenvalue weighted by atomic mass is 16.5.